The minimum absolute atomic E-state index is 0.373. The number of fused-ring (bicyclic) bond motifs is 1. The van der Waals surface area contributed by atoms with Crippen molar-refractivity contribution >= 4 is 11.8 Å². The Labute approximate surface area is 143 Å². The molecule has 1 aliphatic heterocycles. The van der Waals surface area contributed by atoms with Gasteiger partial charge in [-0.3, -0.25) is 0 Å². The Kier molecular flexibility index (Phi) is 5.36. The zero-order valence-electron chi connectivity index (χ0n) is 14.1. The van der Waals surface area contributed by atoms with Crippen molar-refractivity contribution in [2.45, 2.75) is 32.7 Å². The fraction of sp³-hybridized carbons (Fsp3) is 0.350. The maximum Gasteiger partial charge on any atom is 0.412 e. The normalized spacial score (nSPS) is 12.8. The van der Waals surface area contributed by atoms with Crippen molar-refractivity contribution in [3.8, 4) is 5.75 Å². The summed E-state index contributed by atoms with van der Waals surface area (Å²) in [6.45, 7) is 4.65. The summed E-state index contributed by atoms with van der Waals surface area (Å²) in [6, 6.07) is 16.4. The highest BCUT2D eigenvalue weighted by Crippen LogP contribution is 2.32. The first-order valence-electron chi connectivity index (χ1n) is 8.63. The van der Waals surface area contributed by atoms with Gasteiger partial charge in [-0.25, -0.2) is 4.79 Å². The van der Waals surface area contributed by atoms with E-state index in [0.29, 0.717) is 12.3 Å². The molecule has 4 nitrogen and oxygen atoms in total. The summed E-state index contributed by atoms with van der Waals surface area (Å²) in [5.74, 6) is 0.615. The molecular weight excluding hydrogens is 300 g/mol. The Hall–Kier alpha value is -2.49. The Bertz CT molecular complexity index is 685. The van der Waals surface area contributed by atoms with Crippen LogP contribution in [0.1, 0.15) is 30.9 Å². The molecule has 1 amide bonds. The Morgan fingerprint density at radius 3 is 2.83 bits per heavy atom. The van der Waals surface area contributed by atoms with Crippen LogP contribution in [0.4, 0.5) is 10.5 Å². The van der Waals surface area contributed by atoms with E-state index in [0.717, 1.165) is 32.4 Å². The summed E-state index contributed by atoms with van der Waals surface area (Å²) < 4.78 is 5.37. The van der Waals surface area contributed by atoms with Gasteiger partial charge < -0.3 is 15.0 Å². The average Bonchev–Trinajstić information content (AvgIpc) is 2.98. The van der Waals surface area contributed by atoms with Crippen LogP contribution in [0.15, 0.2) is 48.5 Å². The average molecular weight is 324 g/mol. The largest absolute Gasteiger partial charge is 0.412 e. The molecular formula is C20H24N2O2. The van der Waals surface area contributed by atoms with E-state index < -0.39 is 0 Å². The molecule has 0 saturated heterocycles. The minimum atomic E-state index is -0.373. The van der Waals surface area contributed by atoms with Crippen LogP contribution in [0.25, 0.3) is 0 Å². The van der Waals surface area contributed by atoms with Gasteiger partial charge in [0.15, 0.2) is 0 Å². The van der Waals surface area contributed by atoms with Gasteiger partial charge in [-0.2, -0.15) is 0 Å². The zero-order valence-corrected chi connectivity index (χ0v) is 14.1. The van der Waals surface area contributed by atoms with Crippen LogP contribution in [0, 0.1) is 0 Å². The van der Waals surface area contributed by atoms with Gasteiger partial charge in [-0.15, -0.1) is 0 Å². The number of rotatable bonds is 6. The van der Waals surface area contributed by atoms with Gasteiger partial charge in [-0.1, -0.05) is 43.7 Å². The predicted molar refractivity (Wildman–Crippen MR) is 96.6 cm³/mol. The number of anilines is 1. The molecule has 0 saturated carbocycles. The van der Waals surface area contributed by atoms with Crippen LogP contribution in [-0.2, 0) is 13.0 Å². The van der Waals surface area contributed by atoms with Crippen LogP contribution >= 0.6 is 0 Å². The van der Waals surface area contributed by atoms with Gasteiger partial charge in [0.2, 0.25) is 0 Å². The van der Waals surface area contributed by atoms with E-state index in [1.807, 2.05) is 18.2 Å². The van der Waals surface area contributed by atoms with E-state index in [4.69, 9.17) is 4.74 Å². The molecule has 4 heteroatoms. The van der Waals surface area contributed by atoms with Crippen LogP contribution in [-0.4, -0.2) is 19.2 Å². The van der Waals surface area contributed by atoms with Gasteiger partial charge in [-0.05, 0) is 42.2 Å². The molecule has 0 radical (unpaired) electrons. The summed E-state index contributed by atoms with van der Waals surface area (Å²) in [5.41, 5.74) is 3.78. The number of unbranched alkanes of at least 4 members (excludes halogenated alkanes) is 1. The van der Waals surface area contributed by atoms with Crippen molar-refractivity contribution in [2.24, 2.45) is 0 Å². The van der Waals surface area contributed by atoms with E-state index in [2.05, 4.69) is 47.5 Å². The number of ether oxygens (including phenoxy) is 1. The highest BCUT2D eigenvalue weighted by molar-refractivity contribution is 5.71. The zero-order chi connectivity index (χ0) is 16.8. The van der Waals surface area contributed by atoms with Crippen LogP contribution in [0.2, 0.25) is 0 Å². The molecule has 0 aliphatic carbocycles. The molecule has 126 valence electrons. The fourth-order valence-corrected chi connectivity index (χ4v) is 2.99. The van der Waals surface area contributed by atoms with Crippen molar-refractivity contribution < 1.29 is 9.53 Å². The van der Waals surface area contributed by atoms with Gasteiger partial charge in [0, 0.05) is 25.3 Å². The number of amides is 1. The van der Waals surface area contributed by atoms with Crippen molar-refractivity contribution in [2.75, 3.05) is 18.0 Å². The van der Waals surface area contributed by atoms with E-state index in [1.165, 1.54) is 16.8 Å². The molecule has 2 aromatic carbocycles. The summed E-state index contributed by atoms with van der Waals surface area (Å²) >= 11 is 0. The minimum Gasteiger partial charge on any atom is -0.410 e. The number of nitrogens with one attached hydrogen (secondary N) is 1. The number of nitrogens with zero attached hydrogens (tertiary/aromatic N) is 1. The lowest BCUT2D eigenvalue weighted by Gasteiger charge is -2.19. The van der Waals surface area contributed by atoms with Crippen molar-refractivity contribution in [3.63, 3.8) is 0 Å². The Morgan fingerprint density at radius 2 is 2.04 bits per heavy atom. The lowest BCUT2D eigenvalue weighted by atomic mass is 10.1. The SMILES string of the molecule is CCCCNC(=O)Oc1ccc2c(c1)CCN2Cc1ccccc1. The molecule has 24 heavy (non-hydrogen) atoms. The summed E-state index contributed by atoms with van der Waals surface area (Å²) in [6.07, 6.45) is 2.63. The first-order chi connectivity index (χ1) is 11.8. The molecule has 0 fully saturated rings. The molecule has 0 bridgehead atoms. The number of carbonyl (C=O) groups excluding carboxylic acids is 1. The van der Waals surface area contributed by atoms with Crippen LogP contribution in [0.5, 0.6) is 5.75 Å². The fourth-order valence-electron chi connectivity index (χ4n) is 2.99. The van der Waals surface area contributed by atoms with E-state index in [-0.39, 0.29) is 6.09 Å². The first-order valence-corrected chi connectivity index (χ1v) is 8.63. The number of hydrogen-bond donors (Lipinski definition) is 1. The van der Waals surface area contributed by atoms with E-state index >= 15 is 0 Å². The molecule has 1 aliphatic rings. The predicted octanol–water partition coefficient (Wildman–Crippen LogP) is 4.14. The quantitative estimate of drug-likeness (QED) is 0.812. The number of carbonyl (C=O) groups is 1. The van der Waals surface area contributed by atoms with Crippen LogP contribution < -0.4 is 15.0 Å². The molecule has 1 N–H and O–H groups in total. The van der Waals surface area contributed by atoms with Gasteiger partial charge in [0.25, 0.3) is 0 Å². The van der Waals surface area contributed by atoms with Gasteiger partial charge in [0.1, 0.15) is 5.75 Å². The molecule has 3 rings (SSSR count). The number of hydrogen-bond acceptors (Lipinski definition) is 3. The van der Waals surface area contributed by atoms with Crippen molar-refractivity contribution in [1.82, 2.24) is 5.32 Å². The maximum atomic E-state index is 11.7. The monoisotopic (exact) mass is 324 g/mol. The number of benzene rings is 2. The molecule has 1 heterocycles. The molecule has 0 aromatic heterocycles. The highest BCUT2D eigenvalue weighted by Gasteiger charge is 2.20. The van der Waals surface area contributed by atoms with Gasteiger partial charge in [0.05, 0.1) is 0 Å². The van der Waals surface area contributed by atoms with E-state index in [1.54, 1.807) is 0 Å². The highest BCUT2D eigenvalue weighted by atomic mass is 16.6. The lowest BCUT2D eigenvalue weighted by molar-refractivity contribution is 0.200. The molecule has 0 unspecified atom stereocenters. The third-order valence-corrected chi connectivity index (χ3v) is 4.27. The van der Waals surface area contributed by atoms with E-state index in [9.17, 15) is 4.79 Å². The molecule has 2 aromatic rings. The maximum absolute atomic E-state index is 11.7. The second kappa shape index (κ2) is 7.86. The smallest absolute Gasteiger partial charge is 0.410 e. The first kappa shape index (κ1) is 16.4. The standard InChI is InChI=1S/C20H24N2O2/c1-2-3-12-21-20(23)24-18-9-10-19-17(14-18)11-13-22(19)15-16-7-5-4-6-8-16/h4-10,14H,2-3,11-13,15H2,1H3,(H,21,23). The Morgan fingerprint density at radius 1 is 1.21 bits per heavy atom. The second-order valence-electron chi connectivity index (χ2n) is 6.12. The second-order valence-corrected chi connectivity index (χ2v) is 6.12. The summed E-state index contributed by atoms with van der Waals surface area (Å²) in [5, 5.41) is 2.77. The Balaban J connectivity index is 1.62. The third kappa shape index (κ3) is 4.07. The molecule has 0 atom stereocenters. The van der Waals surface area contributed by atoms with Gasteiger partial charge >= 0.3 is 6.09 Å². The summed E-state index contributed by atoms with van der Waals surface area (Å²) in [7, 11) is 0. The van der Waals surface area contributed by atoms with Crippen molar-refractivity contribution in [1.29, 1.82) is 0 Å². The van der Waals surface area contributed by atoms with Crippen LogP contribution in [0.3, 0.4) is 0 Å². The third-order valence-electron chi connectivity index (χ3n) is 4.27. The lowest BCUT2D eigenvalue weighted by Crippen LogP contribution is -2.27. The molecule has 0 spiro atoms. The topological polar surface area (TPSA) is 41.6 Å². The van der Waals surface area contributed by atoms with Crippen molar-refractivity contribution in [3.05, 3.63) is 59.7 Å². The summed E-state index contributed by atoms with van der Waals surface area (Å²) in [4.78, 5) is 14.1.